The molecule has 0 heterocycles. The maximum atomic E-state index is 11.8. The predicted molar refractivity (Wildman–Crippen MR) is 71.4 cm³/mol. The van der Waals surface area contributed by atoms with Crippen molar-refractivity contribution in [2.75, 3.05) is 12.4 Å². The summed E-state index contributed by atoms with van der Waals surface area (Å²) in [5.41, 5.74) is 5.94. The van der Waals surface area contributed by atoms with E-state index in [0.717, 1.165) is 0 Å². The zero-order valence-electron chi connectivity index (χ0n) is 10.6. The van der Waals surface area contributed by atoms with Crippen molar-refractivity contribution in [1.82, 2.24) is 0 Å². The zero-order chi connectivity index (χ0) is 14.4. The lowest BCUT2D eigenvalue weighted by Crippen LogP contribution is -2.35. The molecular formula is C13H16N2O4. The van der Waals surface area contributed by atoms with Crippen LogP contribution in [0.4, 0.5) is 5.69 Å². The van der Waals surface area contributed by atoms with E-state index < -0.39 is 17.9 Å². The number of carboxylic acids is 1. The van der Waals surface area contributed by atoms with Gasteiger partial charge in [0.25, 0.3) is 0 Å². The summed E-state index contributed by atoms with van der Waals surface area (Å²) in [7, 11) is 1.43. The van der Waals surface area contributed by atoms with Gasteiger partial charge in [-0.3, -0.25) is 4.79 Å². The van der Waals surface area contributed by atoms with E-state index in [0.29, 0.717) is 12.2 Å². The number of benzene rings is 1. The van der Waals surface area contributed by atoms with E-state index in [1.54, 1.807) is 0 Å². The molecule has 1 unspecified atom stereocenters. The highest BCUT2D eigenvalue weighted by molar-refractivity contribution is 5.98. The molecule has 0 radical (unpaired) electrons. The first kappa shape index (κ1) is 14.7. The molecule has 0 saturated heterocycles. The van der Waals surface area contributed by atoms with Crippen molar-refractivity contribution >= 4 is 17.6 Å². The van der Waals surface area contributed by atoms with Gasteiger partial charge in [-0.15, -0.1) is 6.58 Å². The Bertz CT molecular complexity index is 499. The Morgan fingerprint density at radius 2 is 2.26 bits per heavy atom. The first-order valence-corrected chi connectivity index (χ1v) is 5.58. The number of nitrogens with one attached hydrogen (secondary N) is 1. The Labute approximate surface area is 110 Å². The molecule has 1 aromatic carbocycles. The minimum Gasteiger partial charge on any atom is -0.495 e. The topological polar surface area (TPSA) is 102 Å². The van der Waals surface area contributed by atoms with Crippen molar-refractivity contribution in [2.45, 2.75) is 12.5 Å². The van der Waals surface area contributed by atoms with Gasteiger partial charge in [0, 0.05) is 0 Å². The van der Waals surface area contributed by atoms with Crippen molar-refractivity contribution in [1.29, 1.82) is 0 Å². The van der Waals surface area contributed by atoms with Crippen molar-refractivity contribution < 1.29 is 19.4 Å². The number of hydrogen-bond acceptors (Lipinski definition) is 4. The molecule has 19 heavy (non-hydrogen) atoms. The molecule has 6 heteroatoms. The number of carbonyl (C=O) groups is 2. The molecule has 0 aliphatic heterocycles. The minimum absolute atomic E-state index is 0.0494. The van der Waals surface area contributed by atoms with E-state index in [-0.39, 0.29) is 11.3 Å². The Morgan fingerprint density at radius 1 is 1.58 bits per heavy atom. The molecule has 0 saturated carbocycles. The monoisotopic (exact) mass is 264 g/mol. The normalized spacial score (nSPS) is 11.5. The van der Waals surface area contributed by atoms with Crippen LogP contribution in [0, 0.1) is 0 Å². The quantitative estimate of drug-likeness (QED) is 0.671. The van der Waals surface area contributed by atoms with Gasteiger partial charge in [-0.05, 0) is 24.6 Å². The summed E-state index contributed by atoms with van der Waals surface area (Å²) in [5.74, 6) is -1.15. The summed E-state index contributed by atoms with van der Waals surface area (Å²) in [4.78, 5) is 22.6. The molecular weight excluding hydrogens is 248 g/mol. The fraction of sp³-hybridized carbons (Fsp3) is 0.231. The number of ether oxygens (including phenoxy) is 1. The van der Waals surface area contributed by atoms with Crippen molar-refractivity contribution in [3.05, 3.63) is 36.4 Å². The summed E-state index contributed by atoms with van der Waals surface area (Å²) < 4.78 is 5.05. The Hall–Kier alpha value is -2.34. The third-order valence-electron chi connectivity index (χ3n) is 2.46. The van der Waals surface area contributed by atoms with Crippen molar-refractivity contribution in [3.8, 4) is 5.75 Å². The number of anilines is 1. The molecule has 1 aromatic rings. The van der Waals surface area contributed by atoms with Gasteiger partial charge in [0.15, 0.2) is 0 Å². The van der Waals surface area contributed by atoms with Gasteiger partial charge in [-0.25, -0.2) is 4.79 Å². The largest absolute Gasteiger partial charge is 0.495 e. The molecule has 6 nitrogen and oxygen atoms in total. The van der Waals surface area contributed by atoms with Crippen molar-refractivity contribution in [3.63, 3.8) is 0 Å². The molecule has 0 fully saturated rings. The molecule has 0 spiro atoms. The smallest absolute Gasteiger partial charge is 0.335 e. The van der Waals surface area contributed by atoms with E-state index >= 15 is 0 Å². The van der Waals surface area contributed by atoms with Crippen LogP contribution in [0.15, 0.2) is 30.9 Å². The van der Waals surface area contributed by atoms with Gasteiger partial charge in [0.05, 0.1) is 24.4 Å². The second kappa shape index (κ2) is 6.55. The fourth-order valence-electron chi connectivity index (χ4n) is 1.45. The van der Waals surface area contributed by atoms with Gasteiger partial charge in [-0.1, -0.05) is 6.08 Å². The number of nitrogens with two attached hydrogens (primary N) is 1. The SMILES string of the molecule is C=CCC(N)C(=O)Nc1cc(C(=O)O)ccc1OC. The molecule has 0 aromatic heterocycles. The van der Waals surface area contributed by atoms with Crippen LogP contribution in [-0.2, 0) is 4.79 Å². The van der Waals surface area contributed by atoms with Gasteiger partial charge < -0.3 is 20.9 Å². The second-order valence-corrected chi connectivity index (χ2v) is 3.84. The van der Waals surface area contributed by atoms with Crippen LogP contribution in [0.1, 0.15) is 16.8 Å². The number of amides is 1. The highest BCUT2D eigenvalue weighted by Gasteiger charge is 2.15. The van der Waals surface area contributed by atoms with E-state index in [1.165, 1.54) is 31.4 Å². The van der Waals surface area contributed by atoms with Crippen LogP contribution in [0.25, 0.3) is 0 Å². The first-order chi connectivity index (χ1) is 8.99. The highest BCUT2D eigenvalue weighted by Crippen LogP contribution is 2.25. The molecule has 102 valence electrons. The maximum absolute atomic E-state index is 11.8. The standard InChI is InChI=1S/C13H16N2O4/c1-3-4-9(14)12(16)15-10-7-8(13(17)18)5-6-11(10)19-2/h3,5-7,9H,1,4,14H2,2H3,(H,15,16)(H,17,18). The van der Waals surface area contributed by atoms with Gasteiger partial charge in [-0.2, -0.15) is 0 Å². The van der Waals surface area contributed by atoms with Crippen LogP contribution < -0.4 is 15.8 Å². The van der Waals surface area contributed by atoms with Gasteiger partial charge >= 0.3 is 5.97 Å². The van der Waals surface area contributed by atoms with Crippen LogP contribution in [-0.4, -0.2) is 30.1 Å². The van der Waals surface area contributed by atoms with Crippen LogP contribution >= 0.6 is 0 Å². The molecule has 1 atom stereocenters. The van der Waals surface area contributed by atoms with Gasteiger partial charge in [0.1, 0.15) is 5.75 Å². The van der Waals surface area contributed by atoms with Crippen LogP contribution in [0.2, 0.25) is 0 Å². The number of methoxy groups -OCH3 is 1. The average Bonchev–Trinajstić information content (AvgIpc) is 2.38. The van der Waals surface area contributed by atoms with E-state index in [2.05, 4.69) is 11.9 Å². The van der Waals surface area contributed by atoms with Crippen LogP contribution in [0.3, 0.4) is 0 Å². The second-order valence-electron chi connectivity index (χ2n) is 3.84. The number of aromatic carboxylic acids is 1. The van der Waals surface area contributed by atoms with E-state index in [9.17, 15) is 9.59 Å². The number of rotatable bonds is 6. The summed E-state index contributed by atoms with van der Waals surface area (Å²) in [6, 6.07) is 3.44. The molecule has 1 rings (SSSR count). The number of hydrogen-bond donors (Lipinski definition) is 3. The summed E-state index contributed by atoms with van der Waals surface area (Å²) in [6.45, 7) is 3.50. The fourth-order valence-corrected chi connectivity index (χ4v) is 1.45. The lowest BCUT2D eigenvalue weighted by molar-refractivity contribution is -0.117. The summed E-state index contributed by atoms with van der Waals surface area (Å²) >= 11 is 0. The van der Waals surface area contributed by atoms with Gasteiger partial charge in [0.2, 0.25) is 5.91 Å². The number of carboxylic acid groups (broad SMARTS) is 1. The maximum Gasteiger partial charge on any atom is 0.335 e. The Morgan fingerprint density at radius 3 is 2.79 bits per heavy atom. The molecule has 0 bridgehead atoms. The number of carbonyl (C=O) groups excluding carboxylic acids is 1. The summed E-state index contributed by atoms with van der Waals surface area (Å²) in [6.07, 6.45) is 1.86. The van der Waals surface area contributed by atoms with Crippen molar-refractivity contribution in [2.24, 2.45) is 5.73 Å². The van der Waals surface area contributed by atoms with E-state index in [4.69, 9.17) is 15.6 Å². The predicted octanol–water partition coefficient (Wildman–Crippen LogP) is 1.24. The lowest BCUT2D eigenvalue weighted by atomic mass is 10.1. The molecule has 1 amide bonds. The average molecular weight is 264 g/mol. The Balaban J connectivity index is 2.97. The summed E-state index contributed by atoms with van der Waals surface area (Å²) in [5, 5.41) is 11.5. The highest BCUT2D eigenvalue weighted by atomic mass is 16.5. The third-order valence-corrected chi connectivity index (χ3v) is 2.46. The minimum atomic E-state index is -1.09. The lowest BCUT2D eigenvalue weighted by Gasteiger charge is -2.13. The Kier molecular flexibility index (Phi) is 5.08. The van der Waals surface area contributed by atoms with Crippen LogP contribution in [0.5, 0.6) is 5.75 Å². The molecule has 4 N–H and O–H groups in total. The molecule has 0 aliphatic carbocycles. The first-order valence-electron chi connectivity index (χ1n) is 5.58. The van der Waals surface area contributed by atoms with E-state index in [1.807, 2.05) is 0 Å². The molecule has 0 aliphatic rings. The zero-order valence-corrected chi connectivity index (χ0v) is 10.6. The third kappa shape index (κ3) is 3.82.